The lowest BCUT2D eigenvalue weighted by Crippen LogP contribution is -2.61. The van der Waals surface area contributed by atoms with Crippen LogP contribution < -0.4 is 0 Å². The van der Waals surface area contributed by atoms with Crippen molar-refractivity contribution in [2.45, 2.75) is 63.8 Å². The van der Waals surface area contributed by atoms with Gasteiger partial charge in [0.15, 0.2) is 0 Å². The molecule has 2 heterocycles. The lowest BCUT2D eigenvalue weighted by Gasteiger charge is -2.41. The Labute approximate surface area is 211 Å². The van der Waals surface area contributed by atoms with E-state index in [0.29, 0.717) is 13.1 Å². The summed E-state index contributed by atoms with van der Waals surface area (Å²) in [6, 6.07) is 7.51. The van der Waals surface area contributed by atoms with Crippen molar-refractivity contribution >= 4 is 23.9 Å². The van der Waals surface area contributed by atoms with Crippen LogP contribution >= 0.6 is 0 Å². The number of nitrogens with zero attached hydrogens (tertiary/aromatic N) is 3. The smallest absolute Gasteiger partial charge is 0.410 e. The fourth-order valence-corrected chi connectivity index (χ4v) is 5.20. The number of β-amino-alcohol motifs (C(OH)–C–C–N with tert-alkyl or cyclic N) is 1. The molecule has 10 nitrogen and oxygen atoms in total. The summed E-state index contributed by atoms with van der Waals surface area (Å²) in [6.07, 6.45) is 1.86. The normalized spacial score (nSPS) is 23.9. The Balaban J connectivity index is 1.33. The van der Waals surface area contributed by atoms with Crippen molar-refractivity contribution in [2.75, 3.05) is 33.3 Å². The van der Waals surface area contributed by atoms with E-state index in [1.165, 1.54) is 16.9 Å². The first-order valence-electron chi connectivity index (χ1n) is 12.6. The minimum atomic E-state index is -0.930. The van der Waals surface area contributed by atoms with Crippen LogP contribution in [0.2, 0.25) is 0 Å². The Hall–Kier alpha value is -3.14. The number of methoxy groups -OCH3 is 1. The molecule has 36 heavy (non-hydrogen) atoms. The Morgan fingerprint density at radius 3 is 2.47 bits per heavy atom. The minimum absolute atomic E-state index is 0.00416. The molecular weight excluding hydrogens is 466 g/mol. The maximum atomic E-state index is 13.2. The van der Waals surface area contributed by atoms with E-state index >= 15 is 0 Å². The number of aliphatic hydroxyl groups excluding tert-OH is 1. The minimum Gasteiger partial charge on any atom is -0.467 e. The molecule has 4 rings (SSSR count). The fourth-order valence-electron chi connectivity index (χ4n) is 5.20. The van der Waals surface area contributed by atoms with Gasteiger partial charge in [-0.2, -0.15) is 0 Å². The van der Waals surface area contributed by atoms with Gasteiger partial charge in [0.1, 0.15) is 18.7 Å². The average molecular weight is 502 g/mol. The summed E-state index contributed by atoms with van der Waals surface area (Å²) in [6.45, 7) is 2.92. The number of piperidine rings is 1. The summed E-state index contributed by atoms with van der Waals surface area (Å²) in [4.78, 5) is 55.6. The first-order valence-corrected chi connectivity index (χ1v) is 12.6. The summed E-state index contributed by atoms with van der Waals surface area (Å²) < 4.78 is 10.3. The lowest BCUT2D eigenvalue weighted by molar-refractivity contribution is -0.158. The highest BCUT2D eigenvalue weighted by molar-refractivity contribution is 5.90. The molecular formula is C26H35N3O7. The van der Waals surface area contributed by atoms with Crippen molar-refractivity contribution in [3.05, 3.63) is 35.9 Å². The maximum Gasteiger partial charge on any atom is 0.410 e. The van der Waals surface area contributed by atoms with Crippen molar-refractivity contribution in [3.63, 3.8) is 0 Å². The van der Waals surface area contributed by atoms with Crippen LogP contribution in [0.25, 0.3) is 0 Å². The monoisotopic (exact) mass is 501 g/mol. The highest BCUT2D eigenvalue weighted by Crippen LogP contribution is 2.53. The third-order valence-corrected chi connectivity index (χ3v) is 7.84. The largest absolute Gasteiger partial charge is 0.467 e. The number of esters is 1. The lowest BCUT2D eigenvalue weighted by atomic mass is 9.90. The van der Waals surface area contributed by atoms with Crippen LogP contribution in [0.3, 0.4) is 0 Å². The van der Waals surface area contributed by atoms with E-state index in [9.17, 15) is 24.3 Å². The second-order valence-corrected chi connectivity index (χ2v) is 9.99. The van der Waals surface area contributed by atoms with Gasteiger partial charge in [0.05, 0.1) is 13.2 Å². The van der Waals surface area contributed by atoms with Gasteiger partial charge in [0.25, 0.3) is 0 Å². The number of benzene rings is 1. The number of hydrogen-bond donors (Lipinski definition) is 1. The van der Waals surface area contributed by atoms with Crippen LogP contribution in [0.4, 0.5) is 4.79 Å². The first-order chi connectivity index (χ1) is 17.3. The predicted octanol–water partition coefficient (Wildman–Crippen LogP) is 1.55. The number of carbonyl (C=O) groups is 4. The zero-order valence-corrected chi connectivity index (χ0v) is 20.9. The number of likely N-dealkylation sites (tertiary alicyclic amines) is 1. The average Bonchev–Trinajstić information content (AvgIpc) is 3.67. The van der Waals surface area contributed by atoms with Crippen LogP contribution in [0.5, 0.6) is 0 Å². The van der Waals surface area contributed by atoms with E-state index in [1.54, 1.807) is 11.8 Å². The number of amides is 3. The molecule has 3 fully saturated rings. The fraction of sp³-hybridized carbons (Fsp3) is 0.615. The molecule has 1 aliphatic carbocycles. The molecule has 2 saturated heterocycles. The Bertz CT molecular complexity index is 981. The highest BCUT2D eigenvalue weighted by Gasteiger charge is 2.51. The number of ether oxygens (including phenoxy) is 2. The van der Waals surface area contributed by atoms with Gasteiger partial charge in [-0.15, -0.1) is 0 Å². The summed E-state index contributed by atoms with van der Waals surface area (Å²) >= 11 is 0. The van der Waals surface area contributed by atoms with E-state index in [0.717, 1.165) is 24.8 Å². The van der Waals surface area contributed by atoms with E-state index in [1.807, 2.05) is 30.3 Å². The SMILES string of the molecule is COC(=O)[C@@H](CCC(=O)N1CCC2(CC2)[C@H](O)C1)N1CCN(C(=O)OCc2ccccc2)[C@@H](C)C1=O. The number of piperazine rings is 1. The van der Waals surface area contributed by atoms with E-state index in [4.69, 9.17) is 9.47 Å². The van der Waals surface area contributed by atoms with Crippen LogP contribution in [0.15, 0.2) is 30.3 Å². The molecule has 3 amide bonds. The zero-order valence-electron chi connectivity index (χ0n) is 20.9. The second-order valence-electron chi connectivity index (χ2n) is 9.99. The Kier molecular flexibility index (Phi) is 7.82. The molecule has 1 saturated carbocycles. The summed E-state index contributed by atoms with van der Waals surface area (Å²) in [5, 5.41) is 10.4. The molecule has 1 aromatic rings. The van der Waals surface area contributed by atoms with E-state index < -0.39 is 36.2 Å². The van der Waals surface area contributed by atoms with Gasteiger partial charge in [-0.3, -0.25) is 14.5 Å². The third kappa shape index (κ3) is 5.48. The maximum absolute atomic E-state index is 13.2. The molecule has 0 radical (unpaired) electrons. The molecule has 1 aromatic carbocycles. The number of hydrogen-bond acceptors (Lipinski definition) is 7. The zero-order chi connectivity index (χ0) is 25.9. The highest BCUT2D eigenvalue weighted by atomic mass is 16.6. The van der Waals surface area contributed by atoms with Crippen LogP contribution in [0.1, 0.15) is 44.6 Å². The van der Waals surface area contributed by atoms with E-state index in [2.05, 4.69) is 0 Å². The molecule has 0 bridgehead atoms. The van der Waals surface area contributed by atoms with Crippen molar-refractivity contribution in [2.24, 2.45) is 5.41 Å². The number of rotatable bonds is 7. The van der Waals surface area contributed by atoms with Gasteiger partial charge < -0.3 is 24.4 Å². The van der Waals surface area contributed by atoms with Crippen molar-refractivity contribution < 1.29 is 33.8 Å². The van der Waals surface area contributed by atoms with Gasteiger partial charge in [0.2, 0.25) is 11.8 Å². The molecule has 3 aliphatic rings. The molecule has 3 atom stereocenters. The van der Waals surface area contributed by atoms with Crippen LogP contribution in [0, 0.1) is 5.41 Å². The van der Waals surface area contributed by atoms with Crippen molar-refractivity contribution in [3.8, 4) is 0 Å². The Morgan fingerprint density at radius 2 is 1.83 bits per heavy atom. The van der Waals surface area contributed by atoms with Gasteiger partial charge >= 0.3 is 12.1 Å². The first kappa shape index (κ1) is 25.9. The molecule has 0 aromatic heterocycles. The molecule has 10 heteroatoms. The molecule has 1 spiro atoms. The second kappa shape index (κ2) is 10.9. The van der Waals surface area contributed by atoms with Crippen molar-refractivity contribution in [1.29, 1.82) is 0 Å². The Morgan fingerprint density at radius 1 is 1.11 bits per heavy atom. The molecule has 2 aliphatic heterocycles. The molecule has 196 valence electrons. The number of aliphatic hydroxyl groups is 1. The van der Waals surface area contributed by atoms with Crippen LogP contribution in [-0.2, 0) is 30.5 Å². The van der Waals surface area contributed by atoms with E-state index in [-0.39, 0.29) is 43.9 Å². The summed E-state index contributed by atoms with van der Waals surface area (Å²) in [7, 11) is 1.25. The quantitative estimate of drug-likeness (QED) is 0.564. The van der Waals surface area contributed by atoms with Crippen molar-refractivity contribution in [1.82, 2.24) is 14.7 Å². The standard InChI is InChI=1S/C26H35N3O7/c1-18-23(32)29(15-14-28(18)25(34)36-17-19-6-4-3-5-7-19)20(24(33)35-2)8-9-22(31)27-13-12-26(10-11-26)21(30)16-27/h3-7,18,20-21,30H,8-17H2,1-2H3/t18-,20+,21+/m0/s1. The van der Waals surface area contributed by atoms with Gasteiger partial charge in [-0.1, -0.05) is 30.3 Å². The third-order valence-electron chi connectivity index (χ3n) is 7.84. The summed E-state index contributed by atoms with van der Waals surface area (Å²) in [5.41, 5.74) is 0.836. The predicted molar refractivity (Wildman–Crippen MR) is 128 cm³/mol. The van der Waals surface area contributed by atoms with Gasteiger partial charge in [-0.05, 0) is 43.6 Å². The van der Waals surface area contributed by atoms with Gasteiger partial charge in [0, 0.05) is 32.6 Å². The topological polar surface area (TPSA) is 117 Å². The number of carbonyl (C=O) groups excluding carboxylic acids is 4. The van der Waals surface area contributed by atoms with Crippen LogP contribution in [-0.4, -0.2) is 95.2 Å². The summed E-state index contributed by atoms with van der Waals surface area (Å²) in [5.74, 6) is -1.15. The molecule has 1 N–H and O–H groups in total. The van der Waals surface area contributed by atoms with Gasteiger partial charge in [-0.25, -0.2) is 9.59 Å². The molecule has 0 unspecified atom stereocenters.